The van der Waals surface area contributed by atoms with E-state index >= 15 is 0 Å². The summed E-state index contributed by atoms with van der Waals surface area (Å²) in [5.41, 5.74) is 1.07. The molecule has 0 fully saturated rings. The molecule has 1 aliphatic rings. The maximum absolute atomic E-state index is 10.8. The van der Waals surface area contributed by atoms with Crippen molar-refractivity contribution >= 4 is 5.97 Å². The third-order valence-electron chi connectivity index (χ3n) is 2.33. The van der Waals surface area contributed by atoms with Gasteiger partial charge >= 0.3 is 5.97 Å². The first-order valence-corrected chi connectivity index (χ1v) is 5.21. The van der Waals surface area contributed by atoms with Gasteiger partial charge in [-0.3, -0.25) is 4.79 Å². The molecule has 1 aromatic carbocycles. The summed E-state index contributed by atoms with van der Waals surface area (Å²) in [5.74, 6) is 1.27. The summed E-state index contributed by atoms with van der Waals surface area (Å²) in [6.45, 7) is 3.56. The van der Waals surface area contributed by atoms with E-state index in [9.17, 15) is 4.79 Å². The first-order valence-electron chi connectivity index (χ1n) is 5.21. The Hall–Kier alpha value is -1.71. The monoisotopic (exact) mass is 222 g/mol. The van der Waals surface area contributed by atoms with Crippen molar-refractivity contribution < 1.29 is 19.0 Å². The van der Waals surface area contributed by atoms with Crippen molar-refractivity contribution in [2.75, 3.05) is 6.79 Å². The van der Waals surface area contributed by atoms with E-state index in [1.54, 1.807) is 0 Å². The van der Waals surface area contributed by atoms with Crippen LogP contribution in [-0.4, -0.2) is 18.9 Å². The lowest BCUT2D eigenvalue weighted by Gasteiger charge is -2.11. The molecule has 2 rings (SSSR count). The van der Waals surface area contributed by atoms with Crippen LogP contribution in [0.2, 0.25) is 0 Å². The van der Waals surface area contributed by atoms with Gasteiger partial charge in [0.2, 0.25) is 6.79 Å². The van der Waals surface area contributed by atoms with E-state index in [1.165, 1.54) is 6.92 Å². The summed E-state index contributed by atoms with van der Waals surface area (Å²) in [6.07, 6.45) is 0.550. The average molecular weight is 222 g/mol. The van der Waals surface area contributed by atoms with E-state index in [0.29, 0.717) is 6.42 Å². The van der Waals surface area contributed by atoms with Crippen molar-refractivity contribution in [2.24, 2.45) is 0 Å². The minimum absolute atomic E-state index is 0.127. The Labute approximate surface area is 94.1 Å². The summed E-state index contributed by atoms with van der Waals surface area (Å²) in [4.78, 5) is 10.8. The van der Waals surface area contributed by atoms with Crippen LogP contribution >= 0.6 is 0 Å². The maximum Gasteiger partial charge on any atom is 0.302 e. The fourth-order valence-electron chi connectivity index (χ4n) is 1.72. The third kappa shape index (κ3) is 2.45. The largest absolute Gasteiger partial charge is 0.463 e. The lowest BCUT2D eigenvalue weighted by molar-refractivity contribution is -0.145. The molecule has 0 amide bonds. The summed E-state index contributed by atoms with van der Waals surface area (Å²) < 4.78 is 15.5. The van der Waals surface area contributed by atoms with Gasteiger partial charge in [-0.15, -0.1) is 0 Å². The van der Waals surface area contributed by atoms with Crippen LogP contribution in [0.1, 0.15) is 19.4 Å². The lowest BCUT2D eigenvalue weighted by Crippen LogP contribution is -2.14. The third-order valence-corrected chi connectivity index (χ3v) is 2.33. The highest BCUT2D eigenvalue weighted by atomic mass is 16.7. The van der Waals surface area contributed by atoms with Crippen LogP contribution in [0.5, 0.6) is 11.5 Å². The van der Waals surface area contributed by atoms with Gasteiger partial charge in [0, 0.05) is 13.3 Å². The van der Waals surface area contributed by atoms with E-state index in [2.05, 4.69) is 0 Å². The molecule has 1 aromatic rings. The number of fused-ring (bicyclic) bond motifs is 1. The van der Waals surface area contributed by atoms with Gasteiger partial charge in [-0.25, -0.2) is 0 Å². The van der Waals surface area contributed by atoms with Crippen LogP contribution in [0.3, 0.4) is 0 Å². The number of rotatable bonds is 3. The van der Waals surface area contributed by atoms with Crippen molar-refractivity contribution in [2.45, 2.75) is 26.4 Å². The molecule has 4 heteroatoms. The molecule has 0 spiro atoms. The Balaban J connectivity index is 2.02. The molecule has 1 aliphatic heterocycles. The zero-order valence-electron chi connectivity index (χ0n) is 9.36. The Morgan fingerprint density at radius 1 is 1.44 bits per heavy atom. The summed E-state index contributed by atoms with van der Waals surface area (Å²) in [6, 6.07) is 5.74. The van der Waals surface area contributed by atoms with Gasteiger partial charge in [0.15, 0.2) is 11.5 Å². The normalized spacial score (nSPS) is 14.6. The minimum atomic E-state index is -0.256. The molecule has 0 saturated carbocycles. The fraction of sp³-hybridized carbons (Fsp3) is 0.417. The predicted molar refractivity (Wildman–Crippen MR) is 57.5 cm³/mol. The summed E-state index contributed by atoms with van der Waals surface area (Å²) in [7, 11) is 0. The van der Waals surface area contributed by atoms with Gasteiger partial charge in [-0.2, -0.15) is 0 Å². The molecule has 0 aliphatic carbocycles. The Bertz CT molecular complexity index is 400. The Morgan fingerprint density at radius 2 is 2.19 bits per heavy atom. The van der Waals surface area contributed by atoms with Gasteiger partial charge in [-0.1, -0.05) is 6.07 Å². The SMILES string of the molecule is CC(=O)O[C@H](C)Cc1ccc2c(c1)OCO2. The molecule has 0 aromatic heterocycles. The standard InChI is InChI=1S/C12H14O4/c1-8(16-9(2)13)5-10-3-4-11-12(6-10)15-7-14-11/h3-4,6,8H,5,7H2,1-2H3/t8-/m1/s1. The van der Waals surface area contributed by atoms with Gasteiger partial charge in [0.25, 0.3) is 0 Å². The number of ether oxygens (including phenoxy) is 3. The summed E-state index contributed by atoms with van der Waals surface area (Å²) in [5, 5.41) is 0. The first-order chi connectivity index (χ1) is 7.65. The van der Waals surface area contributed by atoms with Gasteiger partial charge in [-0.05, 0) is 24.6 Å². The Morgan fingerprint density at radius 3 is 2.94 bits per heavy atom. The number of benzene rings is 1. The number of hydrogen-bond acceptors (Lipinski definition) is 4. The quantitative estimate of drug-likeness (QED) is 0.733. The number of carbonyl (C=O) groups excluding carboxylic acids is 1. The topological polar surface area (TPSA) is 44.8 Å². The van der Waals surface area contributed by atoms with E-state index in [-0.39, 0.29) is 18.9 Å². The van der Waals surface area contributed by atoms with Crippen LogP contribution in [0, 0.1) is 0 Å². The lowest BCUT2D eigenvalue weighted by atomic mass is 10.1. The molecule has 0 radical (unpaired) electrons. The van der Waals surface area contributed by atoms with Crippen LogP contribution < -0.4 is 9.47 Å². The zero-order chi connectivity index (χ0) is 11.5. The molecule has 0 bridgehead atoms. The fourth-order valence-corrected chi connectivity index (χ4v) is 1.72. The molecular formula is C12H14O4. The molecule has 1 atom stereocenters. The second-order valence-electron chi connectivity index (χ2n) is 3.81. The highest BCUT2D eigenvalue weighted by molar-refractivity contribution is 5.66. The zero-order valence-corrected chi connectivity index (χ0v) is 9.36. The Kier molecular flexibility index (Phi) is 2.99. The highest BCUT2D eigenvalue weighted by Gasteiger charge is 2.14. The first kappa shape index (κ1) is 10.8. The van der Waals surface area contributed by atoms with Crippen molar-refractivity contribution in [3.63, 3.8) is 0 Å². The van der Waals surface area contributed by atoms with E-state index in [1.807, 2.05) is 25.1 Å². The van der Waals surface area contributed by atoms with Crippen LogP contribution in [0.15, 0.2) is 18.2 Å². The van der Waals surface area contributed by atoms with Gasteiger partial charge in [0.1, 0.15) is 6.10 Å². The van der Waals surface area contributed by atoms with Crippen molar-refractivity contribution in [1.82, 2.24) is 0 Å². The molecule has 86 valence electrons. The second kappa shape index (κ2) is 4.43. The molecular weight excluding hydrogens is 208 g/mol. The second-order valence-corrected chi connectivity index (χ2v) is 3.81. The van der Waals surface area contributed by atoms with Crippen LogP contribution in [0.25, 0.3) is 0 Å². The molecule has 0 saturated heterocycles. The average Bonchev–Trinajstić information content (AvgIpc) is 2.63. The number of carbonyl (C=O) groups is 1. The summed E-state index contributed by atoms with van der Waals surface area (Å²) >= 11 is 0. The van der Waals surface area contributed by atoms with Crippen LogP contribution in [0.4, 0.5) is 0 Å². The van der Waals surface area contributed by atoms with E-state index < -0.39 is 0 Å². The molecule has 4 nitrogen and oxygen atoms in total. The van der Waals surface area contributed by atoms with Gasteiger partial charge in [0.05, 0.1) is 0 Å². The molecule has 0 unspecified atom stereocenters. The molecule has 16 heavy (non-hydrogen) atoms. The van der Waals surface area contributed by atoms with E-state index in [0.717, 1.165) is 17.1 Å². The van der Waals surface area contributed by atoms with Crippen LogP contribution in [-0.2, 0) is 16.0 Å². The molecule has 1 heterocycles. The highest BCUT2D eigenvalue weighted by Crippen LogP contribution is 2.32. The smallest absolute Gasteiger partial charge is 0.302 e. The van der Waals surface area contributed by atoms with Crippen molar-refractivity contribution in [3.05, 3.63) is 23.8 Å². The minimum Gasteiger partial charge on any atom is -0.463 e. The predicted octanol–water partition coefficient (Wildman–Crippen LogP) is 1.91. The van der Waals surface area contributed by atoms with Crippen molar-refractivity contribution in [1.29, 1.82) is 0 Å². The maximum atomic E-state index is 10.8. The van der Waals surface area contributed by atoms with Crippen molar-refractivity contribution in [3.8, 4) is 11.5 Å². The number of esters is 1. The van der Waals surface area contributed by atoms with E-state index in [4.69, 9.17) is 14.2 Å². The number of hydrogen-bond donors (Lipinski definition) is 0. The van der Waals surface area contributed by atoms with Gasteiger partial charge < -0.3 is 14.2 Å². The molecule has 0 N–H and O–H groups in total.